The molecule has 15 heavy (non-hydrogen) atoms. The fourth-order valence-electron chi connectivity index (χ4n) is 1.10. The summed E-state index contributed by atoms with van der Waals surface area (Å²) in [5, 5.41) is 9.52. The number of ether oxygens (including phenoxy) is 2. The topological polar surface area (TPSA) is 38.7 Å². The second kappa shape index (κ2) is 5.63. The molecule has 0 aliphatic heterocycles. The van der Waals surface area contributed by atoms with Gasteiger partial charge < -0.3 is 14.6 Å². The Balaban J connectivity index is 2.82. The van der Waals surface area contributed by atoms with Crippen molar-refractivity contribution in [1.29, 1.82) is 0 Å². The predicted octanol–water partition coefficient (Wildman–Crippen LogP) is 2.32. The SMILES string of the molecule is C=C(Cl)COc1ccc(OC)cc1CO. The van der Waals surface area contributed by atoms with Gasteiger partial charge in [-0.2, -0.15) is 0 Å². The van der Waals surface area contributed by atoms with E-state index in [0.717, 1.165) is 0 Å². The number of aliphatic hydroxyl groups excluding tert-OH is 1. The van der Waals surface area contributed by atoms with Crippen LogP contribution >= 0.6 is 11.6 Å². The molecule has 0 aromatic heterocycles. The molecular weight excluding hydrogens is 216 g/mol. The lowest BCUT2D eigenvalue weighted by atomic mass is 10.2. The van der Waals surface area contributed by atoms with Gasteiger partial charge in [0, 0.05) is 10.6 Å². The van der Waals surface area contributed by atoms with Crippen molar-refractivity contribution in [3.63, 3.8) is 0 Å². The summed E-state index contributed by atoms with van der Waals surface area (Å²) in [7, 11) is 1.57. The van der Waals surface area contributed by atoms with Crippen LogP contribution in [0.4, 0.5) is 0 Å². The number of methoxy groups -OCH3 is 1. The van der Waals surface area contributed by atoms with Gasteiger partial charge >= 0.3 is 0 Å². The first-order valence-corrected chi connectivity index (χ1v) is 4.79. The monoisotopic (exact) mass is 228 g/mol. The van der Waals surface area contributed by atoms with Crippen molar-refractivity contribution in [2.75, 3.05) is 13.7 Å². The Bertz CT molecular complexity index is 350. The Hall–Kier alpha value is -1.19. The van der Waals surface area contributed by atoms with Gasteiger partial charge in [0.1, 0.15) is 18.1 Å². The van der Waals surface area contributed by atoms with E-state index in [1.54, 1.807) is 25.3 Å². The highest BCUT2D eigenvalue weighted by atomic mass is 35.5. The molecule has 0 bridgehead atoms. The lowest BCUT2D eigenvalue weighted by Crippen LogP contribution is -2.00. The van der Waals surface area contributed by atoms with Crippen LogP contribution in [-0.4, -0.2) is 18.8 Å². The van der Waals surface area contributed by atoms with E-state index >= 15 is 0 Å². The van der Waals surface area contributed by atoms with Crippen molar-refractivity contribution in [3.8, 4) is 11.5 Å². The minimum Gasteiger partial charge on any atom is -0.497 e. The highest BCUT2D eigenvalue weighted by Crippen LogP contribution is 2.24. The molecule has 0 aliphatic rings. The molecule has 0 amide bonds. The van der Waals surface area contributed by atoms with Crippen LogP contribution in [0, 0.1) is 0 Å². The molecule has 0 unspecified atom stereocenters. The molecule has 0 aliphatic carbocycles. The number of hydrogen-bond donors (Lipinski definition) is 1. The summed E-state index contributed by atoms with van der Waals surface area (Å²) in [6.07, 6.45) is 0. The average molecular weight is 229 g/mol. The number of aliphatic hydroxyl groups is 1. The Morgan fingerprint density at radius 1 is 1.53 bits per heavy atom. The van der Waals surface area contributed by atoms with Crippen molar-refractivity contribution in [3.05, 3.63) is 35.4 Å². The molecule has 0 atom stereocenters. The largest absolute Gasteiger partial charge is 0.497 e. The molecule has 0 radical (unpaired) electrons. The van der Waals surface area contributed by atoms with Gasteiger partial charge in [-0.15, -0.1) is 0 Å². The third-order valence-corrected chi connectivity index (χ3v) is 1.93. The lowest BCUT2D eigenvalue weighted by molar-refractivity contribution is 0.268. The molecule has 4 heteroatoms. The molecule has 0 heterocycles. The molecule has 1 aromatic carbocycles. The molecule has 0 spiro atoms. The van der Waals surface area contributed by atoms with Crippen molar-refractivity contribution in [2.24, 2.45) is 0 Å². The van der Waals surface area contributed by atoms with Gasteiger partial charge in [0.2, 0.25) is 0 Å². The summed E-state index contributed by atoms with van der Waals surface area (Å²) >= 11 is 5.58. The highest BCUT2D eigenvalue weighted by Gasteiger charge is 2.04. The molecular formula is C11H13ClO3. The van der Waals surface area contributed by atoms with Gasteiger partial charge in [-0.1, -0.05) is 18.2 Å². The van der Waals surface area contributed by atoms with Crippen molar-refractivity contribution in [2.45, 2.75) is 6.61 Å². The number of hydrogen-bond acceptors (Lipinski definition) is 3. The Morgan fingerprint density at radius 3 is 2.80 bits per heavy atom. The maximum Gasteiger partial charge on any atom is 0.125 e. The second-order valence-corrected chi connectivity index (χ2v) is 3.47. The molecule has 0 fully saturated rings. The zero-order valence-electron chi connectivity index (χ0n) is 8.50. The number of halogens is 1. The van der Waals surface area contributed by atoms with Crippen molar-refractivity contribution in [1.82, 2.24) is 0 Å². The summed E-state index contributed by atoms with van der Waals surface area (Å²) in [6.45, 7) is 3.63. The minimum atomic E-state index is -0.110. The standard InChI is InChI=1S/C11H13ClO3/c1-8(12)7-15-11-4-3-10(14-2)5-9(11)6-13/h3-5,13H,1,6-7H2,2H3. The molecule has 1 rings (SSSR count). The van der Waals surface area contributed by atoms with Crippen molar-refractivity contribution >= 4 is 11.6 Å². The first-order chi connectivity index (χ1) is 7.17. The van der Waals surface area contributed by atoms with Crippen LogP contribution in [0.2, 0.25) is 0 Å². The molecule has 1 aromatic rings. The van der Waals surface area contributed by atoms with Crippen LogP contribution in [0.3, 0.4) is 0 Å². The molecule has 82 valence electrons. The highest BCUT2D eigenvalue weighted by molar-refractivity contribution is 6.29. The summed E-state index contributed by atoms with van der Waals surface area (Å²) in [5.41, 5.74) is 0.660. The maximum absolute atomic E-state index is 9.11. The number of rotatable bonds is 5. The molecule has 0 saturated heterocycles. The van der Waals surface area contributed by atoms with E-state index in [1.807, 2.05) is 0 Å². The normalized spacial score (nSPS) is 9.80. The second-order valence-electron chi connectivity index (χ2n) is 2.94. The fraction of sp³-hybridized carbons (Fsp3) is 0.273. The summed E-state index contributed by atoms with van der Waals surface area (Å²) in [4.78, 5) is 0. The van der Waals surface area contributed by atoms with Gasteiger partial charge in [-0.3, -0.25) is 0 Å². The zero-order chi connectivity index (χ0) is 11.3. The summed E-state index contributed by atoms with van der Waals surface area (Å²) in [5.74, 6) is 1.26. The Labute approximate surface area is 93.9 Å². The third kappa shape index (κ3) is 3.46. The van der Waals surface area contributed by atoms with Gasteiger partial charge in [0.05, 0.1) is 13.7 Å². The number of benzene rings is 1. The quantitative estimate of drug-likeness (QED) is 0.841. The summed E-state index contributed by atoms with van der Waals surface area (Å²) in [6, 6.07) is 5.20. The van der Waals surface area contributed by atoms with E-state index in [-0.39, 0.29) is 13.2 Å². The van der Waals surface area contributed by atoms with E-state index in [2.05, 4.69) is 6.58 Å². The van der Waals surface area contributed by atoms with Crippen LogP contribution in [0.5, 0.6) is 11.5 Å². The molecule has 3 nitrogen and oxygen atoms in total. The van der Waals surface area contributed by atoms with Crippen LogP contribution in [0.15, 0.2) is 29.8 Å². The van der Waals surface area contributed by atoms with Gasteiger partial charge in [0.15, 0.2) is 0 Å². The molecule has 0 saturated carbocycles. The van der Waals surface area contributed by atoms with Gasteiger partial charge in [-0.05, 0) is 18.2 Å². The fourth-order valence-corrected chi connectivity index (χ4v) is 1.16. The maximum atomic E-state index is 9.11. The van der Waals surface area contributed by atoms with E-state index in [0.29, 0.717) is 22.1 Å². The Morgan fingerprint density at radius 2 is 2.27 bits per heavy atom. The van der Waals surface area contributed by atoms with E-state index < -0.39 is 0 Å². The van der Waals surface area contributed by atoms with E-state index in [1.165, 1.54) is 0 Å². The van der Waals surface area contributed by atoms with Crippen LogP contribution in [0.1, 0.15) is 5.56 Å². The smallest absolute Gasteiger partial charge is 0.125 e. The van der Waals surface area contributed by atoms with Crippen LogP contribution in [-0.2, 0) is 6.61 Å². The first-order valence-electron chi connectivity index (χ1n) is 4.41. The van der Waals surface area contributed by atoms with Crippen LogP contribution in [0.25, 0.3) is 0 Å². The van der Waals surface area contributed by atoms with Gasteiger partial charge in [0.25, 0.3) is 0 Å². The molecule has 1 N–H and O–H groups in total. The predicted molar refractivity (Wildman–Crippen MR) is 59.4 cm³/mol. The van der Waals surface area contributed by atoms with E-state index in [9.17, 15) is 0 Å². The third-order valence-electron chi connectivity index (χ3n) is 1.82. The van der Waals surface area contributed by atoms with Gasteiger partial charge in [-0.25, -0.2) is 0 Å². The first kappa shape index (κ1) is 11.9. The Kier molecular flexibility index (Phi) is 4.46. The van der Waals surface area contributed by atoms with Crippen LogP contribution < -0.4 is 9.47 Å². The van der Waals surface area contributed by atoms with E-state index in [4.69, 9.17) is 26.2 Å². The lowest BCUT2D eigenvalue weighted by Gasteiger charge is -2.10. The minimum absolute atomic E-state index is 0.110. The average Bonchev–Trinajstić information content (AvgIpc) is 2.25. The van der Waals surface area contributed by atoms with Crippen molar-refractivity contribution < 1.29 is 14.6 Å². The summed E-state index contributed by atoms with van der Waals surface area (Å²) < 4.78 is 10.4. The zero-order valence-corrected chi connectivity index (χ0v) is 9.25.